The summed E-state index contributed by atoms with van der Waals surface area (Å²) in [5.74, 6) is -0.351. The highest BCUT2D eigenvalue weighted by atomic mass is 19.1. The number of rotatable bonds is 4. The molecule has 0 spiro atoms. The van der Waals surface area contributed by atoms with Gasteiger partial charge in [0.15, 0.2) is 0 Å². The fourth-order valence-electron chi connectivity index (χ4n) is 3.03. The topological polar surface area (TPSA) is 49.3 Å². The van der Waals surface area contributed by atoms with Crippen molar-refractivity contribution in [1.82, 2.24) is 0 Å². The van der Waals surface area contributed by atoms with Crippen molar-refractivity contribution in [2.24, 2.45) is 0 Å². The third-order valence-electron chi connectivity index (χ3n) is 4.52. The first-order valence-corrected chi connectivity index (χ1v) is 8.86. The Kier molecular flexibility index (Phi) is 5.26. The van der Waals surface area contributed by atoms with Gasteiger partial charge in [0.25, 0.3) is 0 Å². The molecule has 2 N–H and O–H groups in total. The molecule has 0 aliphatic heterocycles. The molecule has 0 aliphatic rings. The minimum Gasteiger partial charge on any atom is -0.507 e. The summed E-state index contributed by atoms with van der Waals surface area (Å²) in [6.45, 7) is 5.59. The number of hydrogen-bond acceptors (Lipinski definition) is 2. The zero-order chi connectivity index (χ0) is 19.6. The highest BCUT2D eigenvalue weighted by Gasteiger charge is 2.13. The molecule has 0 bridgehead atoms. The van der Waals surface area contributed by atoms with Gasteiger partial charge in [-0.15, -0.1) is 0 Å². The molecule has 0 atom stereocenters. The van der Waals surface area contributed by atoms with Crippen molar-refractivity contribution >= 4 is 11.6 Å². The Morgan fingerprint density at radius 3 is 2.11 bits per heavy atom. The van der Waals surface area contributed by atoms with E-state index in [4.69, 9.17) is 0 Å². The van der Waals surface area contributed by atoms with E-state index >= 15 is 0 Å². The number of phenolic OH excluding ortho intramolecular Hbond substituents is 1. The Balaban J connectivity index is 2.00. The summed E-state index contributed by atoms with van der Waals surface area (Å²) in [6.07, 6.45) is 0. The van der Waals surface area contributed by atoms with Crippen molar-refractivity contribution in [2.75, 3.05) is 5.32 Å². The van der Waals surface area contributed by atoms with Crippen LogP contribution in [-0.2, 0) is 4.79 Å². The van der Waals surface area contributed by atoms with E-state index in [2.05, 4.69) is 19.2 Å². The van der Waals surface area contributed by atoms with Gasteiger partial charge in [0.1, 0.15) is 11.6 Å². The number of para-hydroxylation sites is 1. The molecule has 0 unspecified atom stereocenters. The average molecular weight is 363 g/mol. The van der Waals surface area contributed by atoms with Crippen molar-refractivity contribution in [3.8, 4) is 28.0 Å². The maximum Gasteiger partial charge on any atom is 0.221 e. The SMILES string of the molecule is CC(=O)Nc1ccc(-c2cccc(-c3ccc(C(C)C)cc3)c2O)cc1F. The molecule has 138 valence electrons. The third-order valence-corrected chi connectivity index (χ3v) is 4.52. The molecule has 3 aromatic carbocycles. The van der Waals surface area contributed by atoms with Gasteiger partial charge in [-0.2, -0.15) is 0 Å². The molecule has 0 radical (unpaired) electrons. The van der Waals surface area contributed by atoms with Crippen molar-refractivity contribution < 1.29 is 14.3 Å². The maximum atomic E-state index is 14.3. The summed E-state index contributed by atoms with van der Waals surface area (Å²) < 4.78 is 14.3. The maximum absolute atomic E-state index is 14.3. The standard InChI is InChI=1S/C23H22FNO2/c1-14(2)16-7-9-17(10-8-16)19-5-4-6-20(23(19)27)18-11-12-22(21(24)13-18)25-15(3)26/h4-14,27H,1-3H3,(H,25,26). The van der Waals surface area contributed by atoms with E-state index in [0.717, 1.165) is 5.56 Å². The van der Waals surface area contributed by atoms with Crippen LogP contribution >= 0.6 is 0 Å². The Bertz CT molecular complexity index is 978. The lowest BCUT2D eigenvalue weighted by Crippen LogP contribution is -2.07. The van der Waals surface area contributed by atoms with Gasteiger partial charge < -0.3 is 10.4 Å². The zero-order valence-corrected chi connectivity index (χ0v) is 15.6. The van der Waals surface area contributed by atoms with Crippen LogP contribution in [0.25, 0.3) is 22.3 Å². The van der Waals surface area contributed by atoms with E-state index in [0.29, 0.717) is 22.6 Å². The van der Waals surface area contributed by atoms with Crippen molar-refractivity contribution in [2.45, 2.75) is 26.7 Å². The summed E-state index contributed by atoms with van der Waals surface area (Å²) >= 11 is 0. The minimum absolute atomic E-state index is 0.0986. The van der Waals surface area contributed by atoms with Crippen molar-refractivity contribution in [3.63, 3.8) is 0 Å². The molecule has 0 heterocycles. The van der Waals surface area contributed by atoms with Crippen LogP contribution in [0.4, 0.5) is 10.1 Å². The number of halogens is 1. The summed E-state index contributed by atoms with van der Waals surface area (Å²) in [5.41, 5.74) is 4.01. The molecule has 0 fully saturated rings. The predicted molar refractivity (Wildman–Crippen MR) is 107 cm³/mol. The second-order valence-electron chi connectivity index (χ2n) is 6.85. The van der Waals surface area contributed by atoms with Gasteiger partial charge in [-0.05, 0) is 34.7 Å². The zero-order valence-electron chi connectivity index (χ0n) is 15.6. The number of phenols is 1. The number of amides is 1. The van der Waals surface area contributed by atoms with E-state index < -0.39 is 5.82 Å². The van der Waals surface area contributed by atoms with E-state index in [9.17, 15) is 14.3 Å². The number of carbonyl (C=O) groups excluding carboxylic acids is 1. The van der Waals surface area contributed by atoms with Crippen LogP contribution in [0.15, 0.2) is 60.7 Å². The van der Waals surface area contributed by atoms with Gasteiger partial charge in [-0.3, -0.25) is 4.79 Å². The lowest BCUT2D eigenvalue weighted by atomic mass is 9.95. The first kappa shape index (κ1) is 18.6. The van der Waals surface area contributed by atoms with Gasteiger partial charge >= 0.3 is 0 Å². The lowest BCUT2D eigenvalue weighted by Gasteiger charge is -2.13. The molecule has 1 amide bonds. The Labute approximate surface area is 158 Å². The van der Waals surface area contributed by atoms with Gasteiger partial charge in [0.2, 0.25) is 5.91 Å². The molecule has 3 nitrogen and oxygen atoms in total. The molecule has 27 heavy (non-hydrogen) atoms. The van der Waals surface area contributed by atoms with Gasteiger partial charge in [0, 0.05) is 18.1 Å². The number of anilines is 1. The quantitative estimate of drug-likeness (QED) is 0.602. The van der Waals surface area contributed by atoms with Crippen molar-refractivity contribution in [3.05, 3.63) is 72.0 Å². The van der Waals surface area contributed by atoms with Gasteiger partial charge in [0.05, 0.1) is 5.69 Å². The fourth-order valence-corrected chi connectivity index (χ4v) is 3.03. The summed E-state index contributed by atoms with van der Waals surface area (Å²) in [4.78, 5) is 11.1. The van der Waals surface area contributed by atoms with Crippen molar-refractivity contribution in [1.29, 1.82) is 0 Å². The van der Waals surface area contributed by atoms with Crippen LogP contribution in [0, 0.1) is 5.82 Å². The summed E-state index contributed by atoms with van der Waals surface area (Å²) in [6, 6.07) is 18.0. The first-order chi connectivity index (χ1) is 12.9. The van der Waals surface area contributed by atoms with E-state index in [-0.39, 0.29) is 17.3 Å². The monoisotopic (exact) mass is 363 g/mol. The normalized spacial score (nSPS) is 10.9. The molecule has 0 saturated carbocycles. The van der Waals surface area contributed by atoms with Crippen LogP contribution in [0.2, 0.25) is 0 Å². The number of nitrogens with one attached hydrogen (secondary N) is 1. The van der Waals surface area contributed by atoms with Crippen LogP contribution in [0.1, 0.15) is 32.3 Å². The molecule has 0 saturated heterocycles. The van der Waals surface area contributed by atoms with E-state index in [1.54, 1.807) is 12.1 Å². The van der Waals surface area contributed by atoms with Crippen LogP contribution in [0.5, 0.6) is 5.75 Å². The average Bonchev–Trinajstić information content (AvgIpc) is 2.63. The first-order valence-electron chi connectivity index (χ1n) is 8.86. The second-order valence-corrected chi connectivity index (χ2v) is 6.85. The number of hydrogen-bond donors (Lipinski definition) is 2. The van der Waals surface area contributed by atoms with Crippen LogP contribution in [-0.4, -0.2) is 11.0 Å². The van der Waals surface area contributed by atoms with Gasteiger partial charge in [-0.1, -0.05) is 62.4 Å². The second kappa shape index (κ2) is 7.62. The Morgan fingerprint density at radius 1 is 0.963 bits per heavy atom. The summed E-state index contributed by atoms with van der Waals surface area (Å²) in [7, 11) is 0. The predicted octanol–water partition coefficient (Wildman–Crippen LogP) is 5.95. The number of benzene rings is 3. The third kappa shape index (κ3) is 4.00. The van der Waals surface area contributed by atoms with E-state index in [1.807, 2.05) is 36.4 Å². The Morgan fingerprint density at radius 2 is 1.56 bits per heavy atom. The molecular formula is C23H22FNO2. The number of aromatic hydroxyl groups is 1. The van der Waals surface area contributed by atoms with Crippen LogP contribution < -0.4 is 5.32 Å². The molecule has 0 aromatic heterocycles. The van der Waals surface area contributed by atoms with Gasteiger partial charge in [-0.25, -0.2) is 4.39 Å². The number of carbonyl (C=O) groups is 1. The smallest absolute Gasteiger partial charge is 0.221 e. The fraction of sp³-hybridized carbons (Fsp3) is 0.174. The van der Waals surface area contributed by atoms with Crippen LogP contribution in [0.3, 0.4) is 0 Å². The highest BCUT2D eigenvalue weighted by Crippen LogP contribution is 2.39. The molecule has 4 heteroatoms. The molecule has 3 rings (SSSR count). The molecule has 0 aliphatic carbocycles. The largest absolute Gasteiger partial charge is 0.507 e. The summed E-state index contributed by atoms with van der Waals surface area (Å²) in [5, 5.41) is 13.2. The molecule has 3 aromatic rings. The van der Waals surface area contributed by atoms with E-state index in [1.165, 1.54) is 24.6 Å². The molecular weight excluding hydrogens is 341 g/mol. The lowest BCUT2D eigenvalue weighted by molar-refractivity contribution is -0.114. The highest BCUT2D eigenvalue weighted by molar-refractivity contribution is 5.89. The Hall–Kier alpha value is -3.14. The minimum atomic E-state index is -0.547.